The first kappa shape index (κ1) is 15.0. The van der Waals surface area contributed by atoms with Gasteiger partial charge in [0.15, 0.2) is 0 Å². The zero-order valence-electron chi connectivity index (χ0n) is 11.7. The highest BCUT2D eigenvalue weighted by molar-refractivity contribution is 5.95. The van der Waals surface area contributed by atoms with Gasteiger partial charge >= 0.3 is 5.97 Å². The van der Waals surface area contributed by atoms with Crippen LogP contribution in [0.25, 0.3) is 0 Å². The number of carboxylic acid groups (broad SMARTS) is 1. The lowest BCUT2D eigenvalue weighted by molar-refractivity contribution is -0.119. The molecule has 0 radical (unpaired) electrons. The number of aryl methyl sites for hydroxylation is 2. The van der Waals surface area contributed by atoms with Gasteiger partial charge in [-0.15, -0.1) is 0 Å². The molecule has 106 valence electrons. The molecule has 0 saturated carbocycles. The molecular formula is C12H20N4O3. The van der Waals surface area contributed by atoms with Crippen molar-refractivity contribution < 1.29 is 14.7 Å². The van der Waals surface area contributed by atoms with Gasteiger partial charge in [0.25, 0.3) is 0 Å². The molecule has 0 bridgehead atoms. The lowest BCUT2D eigenvalue weighted by Crippen LogP contribution is -2.37. The summed E-state index contributed by atoms with van der Waals surface area (Å²) in [5.41, 5.74) is 0.600. The number of rotatable bonds is 6. The zero-order chi connectivity index (χ0) is 14.6. The summed E-state index contributed by atoms with van der Waals surface area (Å²) in [7, 11) is 3.24. The number of hydrogen-bond donors (Lipinski definition) is 2. The summed E-state index contributed by atoms with van der Waals surface area (Å²) in [4.78, 5) is 24.6. The minimum Gasteiger partial charge on any atom is -0.477 e. The van der Waals surface area contributed by atoms with Crippen molar-refractivity contribution in [1.29, 1.82) is 0 Å². The lowest BCUT2D eigenvalue weighted by atomic mass is 10.2. The molecule has 0 aliphatic heterocycles. The van der Waals surface area contributed by atoms with Crippen molar-refractivity contribution in [3.05, 3.63) is 11.3 Å². The van der Waals surface area contributed by atoms with Gasteiger partial charge in [-0.3, -0.25) is 9.48 Å². The summed E-state index contributed by atoms with van der Waals surface area (Å²) in [6, 6.07) is 0. The van der Waals surface area contributed by atoms with Crippen LogP contribution in [0.5, 0.6) is 0 Å². The maximum Gasteiger partial charge on any atom is 0.341 e. The highest BCUT2D eigenvalue weighted by Crippen LogP contribution is 2.23. The number of aromatic nitrogens is 2. The quantitative estimate of drug-likeness (QED) is 0.779. The molecule has 0 atom stereocenters. The molecule has 19 heavy (non-hydrogen) atoms. The van der Waals surface area contributed by atoms with Crippen LogP contribution in [-0.2, 0) is 11.8 Å². The molecule has 1 aromatic heterocycles. The fourth-order valence-electron chi connectivity index (χ4n) is 2.04. The van der Waals surface area contributed by atoms with Crippen molar-refractivity contribution in [2.24, 2.45) is 7.05 Å². The van der Waals surface area contributed by atoms with Crippen LogP contribution in [0.3, 0.4) is 0 Å². The van der Waals surface area contributed by atoms with Gasteiger partial charge < -0.3 is 15.3 Å². The van der Waals surface area contributed by atoms with Crippen LogP contribution in [-0.4, -0.2) is 46.9 Å². The van der Waals surface area contributed by atoms with E-state index >= 15 is 0 Å². The number of carbonyl (C=O) groups excluding carboxylic acids is 1. The fourth-order valence-corrected chi connectivity index (χ4v) is 2.04. The normalized spacial score (nSPS) is 10.3. The van der Waals surface area contributed by atoms with Gasteiger partial charge in [0, 0.05) is 20.6 Å². The second-order valence-corrected chi connectivity index (χ2v) is 4.31. The molecule has 0 fully saturated rings. The Balaban J connectivity index is 3.21. The first-order chi connectivity index (χ1) is 8.92. The fraction of sp³-hybridized carbons (Fsp3) is 0.583. The number of aromatic carboxylic acids is 1. The van der Waals surface area contributed by atoms with Gasteiger partial charge in [-0.1, -0.05) is 6.92 Å². The molecule has 0 aliphatic carbocycles. The molecule has 0 spiro atoms. The largest absolute Gasteiger partial charge is 0.477 e. The molecule has 2 N–H and O–H groups in total. The van der Waals surface area contributed by atoms with Gasteiger partial charge in [-0.25, -0.2) is 4.79 Å². The molecule has 1 rings (SSSR count). The van der Waals surface area contributed by atoms with Crippen LogP contribution in [0.2, 0.25) is 0 Å². The van der Waals surface area contributed by atoms with E-state index in [0.717, 1.165) is 6.42 Å². The Morgan fingerprint density at radius 3 is 2.58 bits per heavy atom. The Morgan fingerprint density at radius 1 is 1.47 bits per heavy atom. The number of likely N-dealkylation sites (N-methyl/N-ethyl adjacent to an activating group) is 1. The van der Waals surface area contributed by atoms with E-state index < -0.39 is 5.97 Å². The third kappa shape index (κ3) is 3.24. The number of amides is 1. The van der Waals surface area contributed by atoms with Crippen LogP contribution < -0.4 is 10.2 Å². The number of anilines is 1. The summed E-state index contributed by atoms with van der Waals surface area (Å²) < 4.78 is 1.51. The average Bonchev–Trinajstić information content (AvgIpc) is 2.63. The molecular weight excluding hydrogens is 248 g/mol. The Bertz CT molecular complexity index is 482. The predicted octanol–water partition coefficient (Wildman–Crippen LogP) is 0.389. The summed E-state index contributed by atoms with van der Waals surface area (Å²) >= 11 is 0. The van der Waals surface area contributed by atoms with Gasteiger partial charge in [0.05, 0.1) is 12.2 Å². The predicted molar refractivity (Wildman–Crippen MR) is 71.5 cm³/mol. The molecule has 0 aliphatic rings. The lowest BCUT2D eigenvalue weighted by Gasteiger charge is -2.23. The van der Waals surface area contributed by atoms with Crippen molar-refractivity contribution in [2.75, 3.05) is 25.0 Å². The average molecular weight is 268 g/mol. The third-order valence-corrected chi connectivity index (χ3v) is 2.81. The van der Waals surface area contributed by atoms with E-state index in [-0.39, 0.29) is 18.0 Å². The highest BCUT2D eigenvalue weighted by atomic mass is 16.4. The Labute approximate surface area is 112 Å². The Hall–Kier alpha value is -2.05. The van der Waals surface area contributed by atoms with E-state index in [1.165, 1.54) is 4.68 Å². The van der Waals surface area contributed by atoms with Crippen molar-refractivity contribution in [3.63, 3.8) is 0 Å². The number of carbonyl (C=O) groups is 2. The second kappa shape index (κ2) is 6.21. The van der Waals surface area contributed by atoms with Crippen molar-refractivity contribution >= 4 is 17.7 Å². The van der Waals surface area contributed by atoms with Gasteiger partial charge in [0.2, 0.25) is 5.91 Å². The first-order valence-corrected chi connectivity index (χ1v) is 6.14. The third-order valence-electron chi connectivity index (χ3n) is 2.81. The zero-order valence-corrected chi connectivity index (χ0v) is 11.7. The van der Waals surface area contributed by atoms with Crippen LogP contribution in [0.15, 0.2) is 0 Å². The molecule has 1 aromatic rings. The Kier molecular flexibility index (Phi) is 4.91. The monoisotopic (exact) mass is 268 g/mol. The summed E-state index contributed by atoms with van der Waals surface area (Å²) in [6.45, 7) is 4.33. The standard InChI is InChI=1S/C12H20N4O3/c1-5-6-16(7-9(17)13-3)11-10(12(18)19)8(2)14-15(11)4/h5-7H2,1-4H3,(H,13,17)(H,18,19). The SMILES string of the molecule is CCCN(CC(=O)NC)c1c(C(=O)O)c(C)nn1C. The van der Waals surface area contributed by atoms with E-state index in [0.29, 0.717) is 18.1 Å². The molecule has 0 saturated heterocycles. The Morgan fingerprint density at radius 2 is 2.11 bits per heavy atom. The van der Waals surface area contributed by atoms with E-state index in [9.17, 15) is 14.7 Å². The molecule has 1 heterocycles. The van der Waals surface area contributed by atoms with Crippen molar-refractivity contribution in [2.45, 2.75) is 20.3 Å². The van der Waals surface area contributed by atoms with E-state index in [1.807, 2.05) is 6.92 Å². The van der Waals surface area contributed by atoms with Crippen molar-refractivity contribution in [3.8, 4) is 0 Å². The first-order valence-electron chi connectivity index (χ1n) is 6.14. The number of carboxylic acids is 1. The molecule has 0 aromatic carbocycles. The summed E-state index contributed by atoms with van der Waals surface area (Å²) in [6.07, 6.45) is 0.806. The smallest absolute Gasteiger partial charge is 0.341 e. The molecule has 1 amide bonds. The van der Waals surface area contributed by atoms with Crippen LogP contribution in [0.1, 0.15) is 29.4 Å². The van der Waals surface area contributed by atoms with E-state index in [1.54, 1.807) is 25.9 Å². The molecule has 7 heteroatoms. The topological polar surface area (TPSA) is 87.5 Å². The number of nitrogens with zero attached hydrogens (tertiary/aromatic N) is 3. The minimum absolute atomic E-state index is 0.115. The van der Waals surface area contributed by atoms with Crippen LogP contribution in [0.4, 0.5) is 5.82 Å². The highest BCUT2D eigenvalue weighted by Gasteiger charge is 2.24. The van der Waals surface area contributed by atoms with Crippen molar-refractivity contribution in [1.82, 2.24) is 15.1 Å². The summed E-state index contributed by atoms with van der Waals surface area (Å²) in [5.74, 6) is -0.724. The summed E-state index contributed by atoms with van der Waals surface area (Å²) in [5, 5.41) is 16.0. The van der Waals surface area contributed by atoms with E-state index in [4.69, 9.17) is 0 Å². The van der Waals surface area contributed by atoms with Gasteiger partial charge in [0.1, 0.15) is 11.4 Å². The maximum atomic E-state index is 11.5. The van der Waals surface area contributed by atoms with Gasteiger partial charge in [-0.05, 0) is 13.3 Å². The minimum atomic E-state index is -1.03. The van der Waals surface area contributed by atoms with Crippen LogP contribution >= 0.6 is 0 Å². The van der Waals surface area contributed by atoms with Gasteiger partial charge in [-0.2, -0.15) is 5.10 Å². The maximum absolute atomic E-state index is 11.5. The molecule has 7 nitrogen and oxygen atoms in total. The second-order valence-electron chi connectivity index (χ2n) is 4.31. The molecule has 0 unspecified atom stereocenters. The van der Waals surface area contributed by atoms with Crippen LogP contribution in [0, 0.1) is 6.92 Å². The number of nitrogens with one attached hydrogen (secondary N) is 1. The van der Waals surface area contributed by atoms with E-state index in [2.05, 4.69) is 10.4 Å². The number of hydrogen-bond acceptors (Lipinski definition) is 4.